The van der Waals surface area contributed by atoms with Gasteiger partial charge in [0.15, 0.2) is 0 Å². The first-order chi connectivity index (χ1) is 20.8. The molecule has 1 aromatic heterocycles. The fraction of sp³-hybridized carbons (Fsp3) is 0.0526. The van der Waals surface area contributed by atoms with Gasteiger partial charge in [0, 0.05) is 39.7 Å². The van der Waals surface area contributed by atoms with Crippen LogP contribution < -0.4 is 10.1 Å². The largest absolute Gasteiger partial charge is 0.457 e. The number of para-hydroxylation sites is 3. The minimum atomic E-state index is -0.605. The third-order valence-corrected chi connectivity index (χ3v) is 8.80. The Labute approximate surface area is 244 Å². The van der Waals surface area contributed by atoms with Gasteiger partial charge in [-0.1, -0.05) is 103 Å². The highest BCUT2D eigenvalue weighted by Crippen LogP contribution is 2.61. The highest BCUT2D eigenvalue weighted by atomic mass is 16.5. The third-order valence-electron chi connectivity index (χ3n) is 8.80. The average Bonchev–Trinajstić information content (AvgIpc) is 3.35. The molecule has 1 aliphatic carbocycles. The Morgan fingerprint density at radius 1 is 0.595 bits per heavy atom. The summed E-state index contributed by atoms with van der Waals surface area (Å²) in [6.07, 6.45) is 1.66. The molecule has 5 aromatic carbocycles. The van der Waals surface area contributed by atoms with Gasteiger partial charge in [-0.2, -0.15) is 0 Å². The minimum Gasteiger partial charge on any atom is -0.457 e. The predicted molar refractivity (Wildman–Crippen MR) is 167 cm³/mol. The zero-order valence-corrected chi connectivity index (χ0v) is 22.7. The van der Waals surface area contributed by atoms with Crippen molar-refractivity contribution in [2.45, 2.75) is 11.6 Å². The number of rotatable bonds is 2. The maximum Gasteiger partial charge on any atom is 0.145 e. The maximum absolute atomic E-state index is 6.48. The van der Waals surface area contributed by atoms with Crippen molar-refractivity contribution in [1.82, 2.24) is 4.98 Å². The summed E-state index contributed by atoms with van der Waals surface area (Å²) in [4.78, 5) is 10.4. The van der Waals surface area contributed by atoms with E-state index in [2.05, 4.69) is 115 Å². The molecule has 3 heterocycles. The second-order valence-corrected chi connectivity index (χ2v) is 11.0. The highest BCUT2D eigenvalue weighted by Gasteiger charge is 2.52. The molecule has 1 N–H and O–H groups in total. The Bertz CT molecular complexity index is 2020. The van der Waals surface area contributed by atoms with Gasteiger partial charge >= 0.3 is 0 Å². The Kier molecular flexibility index (Phi) is 4.85. The van der Waals surface area contributed by atoms with Gasteiger partial charge in [0.2, 0.25) is 0 Å². The summed E-state index contributed by atoms with van der Waals surface area (Å²) in [7, 11) is 0. The van der Waals surface area contributed by atoms with Crippen LogP contribution in [0, 0.1) is 0 Å². The van der Waals surface area contributed by atoms with Crippen LogP contribution in [0.2, 0.25) is 0 Å². The summed E-state index contributed by atoms with van der Waals surface area (Å²) in [5.74, 6) is 1.72. The summed E-state index contributed by atoms with van der Waals surface area (Å²) in [5, 5.41) is 3.73. The quantitative estimate of drug-likeness (QED) is 0.240. The number of aliphatic imine (C=N–C) groups is 1. The van der Waals surface area contributed by atoms with Gasteiger partial charge < -0.3 is 10.1 Å². The highest BCUT2D eigenvalue weighted by molar-refractivity contribution is 6.16. The standard InChI is InChI=1S/C38H25N3O/c1-2-11-24(12-3-1)35-28-13-4-7-17-32(28)40-37(41-35)25-20-21-26-27-14-10-22-39-36(27)38(31(26)23-25)29-15-5-8-18-33(29)42-34-19-9-6-16-30(34)38/h1-23,37,40H. The lowest BCUT2D eigenvalue weighted by atomic mass is 9.67. The number of nitrogens with zero attached hydrogens (tertiary/aromatic N) is 2. The van der Waals surface area contributed by atoms with E-state index in [-0.39, 0.29) is 6.17 Å². The van der Waals surface area contributed by atoms with E-state index >= 15 is 0 Å². The van der Waals surface area contributed by atoms with Gasteiger partial charge in [-0.25, -0.2) is 0 Å². The molecular formula is C38H25N3O. The molecule has 1 spiro atoms. The predicted octanol–water partition coefficient (Wildman–Crippen LogP) is 8.51. The van der Waals surface area contributed by atoms with Crippen molar-refractivity contribution in [1.29, 1.82) is 0 Å². The molecule has 3 aliphatic rings. The Balaban J connectivity index is 1.30. The summed E-state index contributed by atoms with van der Waals surface area (Å²) >= 11 is 0. The lowest BCUT2D eigenvalue weighted by molar-refractivity contribution is 0.434. The van der Waals surface area contributed by atoms with Gasteiger partial charge in [0.05, 0.1) is 16.8 Å². The fourth-order valence-electron chi connectivity index (χ4n) is 7.04. The zero-order chi connectivity index (χ0) is 27.7. The number of benzene rings is 5. The van der Waals surface area contributed by atoms with Crippen LogP contribution in [0.1, 0.15) is 45.2 Å². The molecular weight excluding hydrogens is 514 g/mol. The van der Waals surface area contributed by atoms with Crippen LogP contribution in [0.5, 0.6) is 11.5 Å². The molecule has 0 fully saturated rings. The van der Waals surface area contributed by atoms with E-state index in [0.717, 1.165) is 62.0 Å². The summed E-state index contributed by atoms with van der Waals surface area (Å²) in [6, 6.07) is 46.7. The van der Waals surface area contributed by atoms with Gasteiger partial charge in [0.1, 0.15) is 17.7 Å². The topological polar surface area (TPSA) is 46.5 Å². The fourth-order valence-corrected chi connectivity index (χ4v) is 7.04. The number of fused-ring (bicyclic) bond motifs is 10. The molecule has 0 saturated carbocycles. The molecule has 0 bridgehead atoms. The van der Waals surface area contributed by atoms with Crippen LogP contribution in [0.15, 0.2) is 145 Å². The lowest BCUT2D eigenvalue weighted by Gasteiger charge is -2.38. The first-order valence-corrected chi connectivity index (χ1v) is 14.3. The van der Waals surface area contributed by atoms with Crippen molar-refractivity contribution < 1.29 is 4.74 Å². The molecule has 1 atom stereocenters. The van der Waals surface area contributed by atoms with E-state index in [1.54, 1.807) is 0 Å². The summed E-state index contributed by atoms with van der Waals surface area (Å²) in [5.41, 5.74) is 11.6. The number of hydrogen-bond donors (Lipinski definition) is 1. The molecule has 9 rings (SSSR count). The van der Waals surface area contributed by atoms with Gasteiger partial charge in [-0.3, -0.25) is 9.98 Å². The first-order valence-electron chi connectivity index (χ1n) is 14.3. The van der Waals surface area contributed by atoms with Crippen molar-refractivity contribution in [2.24, 2.45) is 4.99 Å². The van der Waals surface area contributed by atoms with E-state index in [1.165, 1.54) is 11.1 Å². The number of aromatic nitrogens is 1. The Morgan fingerprint density at radius 2 is 1.29 bits per heavy atom. The SMILES string of the molecule is c1ccc(C2=NC(c3ccc4c(c3)C3(c5ccccc5Oc5ccccc53)c3ncccc3-4)Nc3ccccc32)cc1. The van der Waals surface area contributed by atoms with Crippen molar-refractivity contribution >= 4 is 11.4 Å². The third kappa shape index (κ3) is 3.12. The van der Waals surface area contributed by atoms with E-state index in [0.29, 0.717) is 0 Å². The van der Waals surface area contributed by atoms with Crippen LogP contribution >= 0.6 is 0 Å². The lowest BCUT2D eigenvalue weighted by Crippen LogP contribution is -2.33. The molecule has 4 nitrogen and oxygen atoms in total. The van der Waals surface area contributed by atoms with Gasteiger partial charge in [-0.15, -0.1) is 0 Å². The van der Waals surface area contributed by atoms with E-state index in [9.17, 15) is 0 Å². The van der Waals surface area contributed by atoms with Crippen LogP contribution in [0.4, 0.5) is 5.69 Å². The van der Waals surface area contributed by atoms with E-state index < -0.39 is 5.41 Å². The monoisotopic (exact) mass is 539 g/mol. The molecule has 0 amide bonds. The van der Waals surface area contributed by atoms with Crippen LogP contribution in [-0.2, 0) is 5.41 Å². The molecule has 0 saturated heterocycles. The number of anilines is 1. The molecule has 42 heavy (non-hydrogen) atoms. The van der Waals surface area contributed by atoms with Crippen molar-refractivity contribution in [3.8, 4) is 22.6 Å². The minimum absolute atomic E-state index is 0.251. The number of hydrogen-bond acceptors (Lipinski definition) is 4. The molecule has 2 aliphatic heterocycles. The summed E-state index contributed by atoms with van der Waals surface area (Å²) < 4.78 is 6.48. The maximum atomic E-state index is 6.48. The van der Waals surface area contributed by atoms with Crippen LogP contribution in [-0.4, -0.2) is 10.7 Å². The van der Waals surface area contributed by atoms with Crippen LogP contribution in [0.25, 0.3) is 11.1 Å². The number of nitrogens with one attached hydrogen (secondary N) is 1. The van der Waals surface area contributed by atoms with E-state index in [1.807, 2.05) is 30.5 Å². The van der Waals surface area contributed by atoms with Gasteiger partial charge in [-0.05, 0) is 47.0 Å². The van der Waals surface area contributed by atoms with Crippen LogP contribution in [0.3, 0.4) is 0 Å². The molecule has 4 heteroatoms. The average molecular weight is 540 g/mol. The second-order valence-electron chi connectivity index (χ2n) is 11.0. The molecule has 198 valence electrons. The normalized spacial score (nSPS) is 16.6. The zero-order valence-electron chi connectivity index (χ0n) is 22.7. The molecule has 1 unspecified atom stereocenters. The molecule has 6 aromatic rings. The van der Waals surface area contributed by atoms with E-state index in [4.69, 9.17) is 14.7 Å². The van der Waals surface area contributed by atoms with Crippen molar-refractivity contribution in [3.63, 3.8) is 0 Å². The summed E-state index contributed by atoms with van der Waals surface area (Å²) in [6.45, 7) is 0. The smallest absolute Gasteiger partial charge is 0.145 e. The van der Waals surface area contributed by atoms with Crippen molar-refractivity contribution in [3.05, 3.63) is 179 Å². The Morgan fingerprint density at radius 3 is 2.10 bits per heavy atom. The first kappa shape index (κ1) is 23.2. The number of pyridine rings is 1. The second kappa shape index (κ2) is 8.76. The Hall–Kier alpha value is -5.48. The van der Waals surface area contributed by atoms with Gasteiger partial charge in [0.25, 0.3) is 0 Å². The number of ether oxygens (including phenoxy) is 1. The molecule has 0 radical (unpaired) electrons. The van der Waals surface area contributed by atoms with Crippen molar-refractivity contribution in [2.75, 3.05) is 5.32 Å².